The molecule has 5 heterocycles. The van der Waals surface area contributed by atoms with Crippen molar-refractivity contribution < 1.29 is 59.5 Å². The monoisotopic (exact) mass is 867 g/mol. The first-order valence-electron chi connectivity index (χ1n) is 21.5. The van der Waals surface area contributed by atoms with E-state index in [1.807, 2.05) is 24.1 Å². The molecule has 334 valence electrons. The number of hydrogen-bond donors (Lipinski definition) is 8. The minimum atomic E-state index is -2.40. The highest BCUT2D eigenvalue weighted by Crippen LogP contribution is 2.52. The number of hydrogen-bond acceptors (Lipinski definition) is 15. The third-order valence-electron chi connectivity index (χ3n) is 14.0. The molecule has 9 rings (SSSR count). The normalized spacial score (nSPS) is 24.8. The number of aryl methyl sites for hydroxylation is 1. The maximum atomic E-state index is 13.6. The van der Waals surface area contributed by atoms with Crippen molar-refractivity contribution in [3.8, 4) is 17.2 Å². The van der Waals surface area contributed by atoms with Gasteiger partial charge in [-0.15, -0.1) is 0 Å². The molecule has 1 amide bonds. The molecule has 1 spiro atoms. The fourth-order valence-corrected chi connectivity index (χ4v) is 10.4. The number of phenols is 2. The number of carbonyl (C=O) groups excluding carboxylic acids is 1. The Bertz CT molecular complexity index is 2620. The fraction of sp³-hybridized carbons (Fsp3) is 0.468. The molecule has 4 aliphatic heterocycles. The van der Waals surface area contributed by atoms with Crippen molar-refractivity contribution in [1.82, 2.24) is 5.32 Å². The highest BCUT2D eigenvalue weighted by Gasteiger charge is 2.53. The summed E-state index contributed by atoms with van der Waals surface area (Å²) in [4.78, 5) is 45.5. The third-order valence-corrected chi connectivity index (χ3v) is 14.0. The summed E-state index contributed by atoms with van der Waals surface area (Å²) in [6.45, 7) is 2.88. The molecule has 0 radical (unpaired) electrons. The summed E-state index contributed by atoms with van der Waals surface area (Å²) in [7, 11) is 0. The zero-order valence-electron chi connectivity index (χ0n) is 35.1. The maximum Gasteiger partial charge on any atom is 0.226 e. The van der Waals surface area contributed by atoms with Crippen LogP contribution < -0.4 is 20.4 Å². The van der Waals surface area contributed by atoms with Crippen molar-refractivity contribution in [2.24, 2.45) is 16.3 Å². The number of aromatic hydroxyl groups is 2. The second-order valence-electron chi connectivity index (χ2n) is 18.1. The van der Waals surface area contributed by atoms with Gasteiger partial charge in [0, 0.05) is 54.4 Å². The van der Waals surface area contributed by atoms with Gasteiger partial charge in [0.1, 0.15) is 65.2 Å². The summed E-state index contributed by atoms with van der Waals surface area (Å²) in [6, 6.07) is 10.3. The molecule has 1 aromatic heterocycles. The van der Waals surface area contributed by atoms with Gasteiger partial charge in [-0.2, -0.15) is 0 Å². The standard InChI is InChI=1S/C47H53N3O13/c1-25-15-36(54)33-16-28-17-38(63-60-24-47(59,43(57)40(56)37(55)23-51)19-26-5-8-35(53)31-7-6-30(52)18-32(26)31)45(2,13-9-29-20-49-44(58)46(29)11-3-4-12-46)62-41(28)39(42(33)61-25)50-21-27-10-14-48-34(27)22-50/h5-8,10,14-16,18,22,29,37-38,40,43,51-53,55-57,59H,3-4,9,11-13,17,19-21,23-24H2,1-2H3,(H,49,58)/t29-,37+,38+,40+,43-,45+,47-/m0/s1. The highest BCUT2D eigenvalue weighted by atomic mass is 17.2. The van der Waals surface area contributed by atoms with Gasteiger partial charge in [0.25, 0.3) is 0 Å². The van der Waals surface area contributed by atoms with Gasteiger partial charge in [-0.1, -0.05) is 18.9 Å². The Labute approximate surface area is 362 Å². The lowest BCUT2D eigenvalue weighted by Crippen LogP contribution is -2.58. The third kappa shape index (κ3) is 7.56. The van der Waals surface area contributed by atoms with Crippen LogP contribution in [0.5, 0.6) is 17.2 Å². The van der Waals surface area contributed by atoms with E-state index in [1.54, 1.807) is 19.2 Å². The van der Waals surface area contributed by atoms with Crippen LogP contribution in [0.4, 0.5) is 5.69 Å². The molecule has 5 aliphatic rings. The number of nitrogens with zero attached hydrogens (tertiary/aromatic N) is 2. The van der Waals surface area contributed by atoms with E-state index in [9.17, 15) is 45.3 Å². The first kappa shape index (κ1) is 42.9. The van der Waals surface area contributed by atoms with Crippen LogP contribution in [-0.4, -0.2) is 110 Å². The number of allylic oxidation sites excluding steroid dienone is 1. The number of carbonyl (C=O) groups is 1. The van der Waals surface area contributed by atoms with Crippen LogP contribution in [0.1, 0.15) is 62.3 Å². The van der Waals surface area contributed by atoms with Crippen LogP contribution in [0.3, 0.4) is 0 Å². The average molecular weight is 868 g/mol. The van der Waals surface area contributed by atoms with E-state index in [-0.39, 0.29) is 35.2 Å². The van der Waals surface area contributed by atoms with E-state index in [0.717, 1.165) is 37.0 Å². The lowest BCUT2D eigenvalue weighted by molar-refractivity contribution is -0.371. The van der Waals surface area contributed by atoms with Gasteiger partial charge in [0.2, 0.25) is 5.91 Å². The number of phenolic OH excluding ortho intramolecular Hbond substituents is 2. The Morgan fingerprint density at radius 2 is 1.84 bits per heavy atom. The van der Waals surface area contributed by atoms with Crippen LogP contribution in [0, 0.1) is 18.3 Å². The Balaban J connectivity index is 1.08. The van der Waals surface area contributed by atoms with Crippen LogP contribution in [-0.2, 0) is 27.4 Å². The number of rotatable bonds is 14. The summed E-state index contributed by atoms with van der Waals surface area (Å²) < 4.78 is 13.4. The van der Waals surface area contributed by atoms with Gasteiger partial charge >= 0.3 is 0 Å². The number of aliphatic hydroxyl groups is 5. The average Bonchev–Trinajstić information content (AvgIpc) is 4.07. The molecule has 16 heteroatoms. The lowest BCUT2D eigenvalue weighted by Gasteiger charge is -2.44. The summed E-state index contributed by atoms with van der Waals surface area (Å²) in [5, 5.41) is 79.7. The molecular formula is C47H53N3O13. The molecule has 0 bridgehead atoms. The zero-order chi connectivity index (χ0) is 44.4. The number of anilines is 1. The van der Waals surface area contributed by atoms with E-state index in [2.05, 4.69) is 10.3 Å². The van der Waals surface area contributed by atoms with E-state index in [1.165, 1.54) is 36.4 Å². The van der Waals surface area contributed by atoms with Gasteiger partial charge in [0.15, 0.2) is 16.8 Å². The minimum absolute atomic E-state index is 0.0272. The first-order chi connectivity index (χ1) is 30.1. The Kier molecular flexibility index (Phi) is 11.1. The molecule has 7 atom stereocenters. The maximum absolute atomic E-state index is 13.6. The van der Waals surface area contributed by atoms with Gasteiger partial charge in [-0.3, -0.25) is 14.6 Å². The molecule has 2 fully saturated rings. The van der Waals surface area contributed by atoms with E-state index in [4.69, 9.17) is 18.9 Å². The highest BCUT2D eigenvalue weighted by molar-refractivity contribution is 5.96. The minimum Gasteiger partial charge on any atom is -0.508 e. The molecule has 3 aromatic carbocycles. The number of benzene rings is 3. The molecule has 1 saturated heterocycles. The van der Waals surface area contributed by atoms with E-state index < -0.39 is 60.7 Å². The molecule has 63 heavy (non-hydrogen) atoms. The Morgan fingerprint density at radius 3 is 2.60 bits per heavy atom. The quantitative estimate of drug-likeness (QED) is 0.0669. The molecule has 4 aromatic rings. The van der Waals surface area contributed by atoms with Crippen LogP contribution in [0.15, 0.2) is 80.2 Å². The number of aliphatic imine (C=N–C) groups is 1. The summed E-state index contributed by atoms with van der Waals surface area (Å²) >= 11 is 0. The summed E-state index contributed by atoms with van der Waals surface area (Å²) in [5.74, 6) is 0.787. The van der Waals surface area contributed by atoms with Crippen molar-refractivity contribution in [3.05, 3.63) is 93.1 Å². The van der Waals surface area contributed by atoms with Crippen molar-refractivity contribution in [2.45, 2.75) is 101 Å². The number of ether oxygens (including phenoxy) is 1. The zero-order valence-corrected chi connectivity index (χ0v) is 35.1. The largest absolute Gasteiger partial charge is 0.508 e. The fourth-order valence-electron chi connectivity index (χ4n) is 10.4. The molecule has 8 N–H and O–H groups in total. The van der Waals surface area contributed by atoms with E-state index >= 15 is 0 Å². The molecular weight excluding hydrogens is 815 g/mol. The Morgan fingerprint density at radius 1 is 1.05 bits per heavy atom. The van der Waals surface area contributed by atoms with Gasteiger partial charge in [-0.25, -0.2) is 9.78 Å². The number of aliphatic hydroxyl groups excluding tert-OH is 4. The first-order valence-corrected chi connectivity index (χ1v) is 21.5. The summed E-state index contributed by atoms with van der Waals surface area (Å²) in [6.07, 6.45) is 2.91. The van der Waals surface area contributed by atoms with Crippen LogP contribution >= 0.6 is 0 Å². The van der Waals surface area contributed by atoms with Gasteiger partial charge < -0.3 is 55.1 Å². The predicted octanol–water partition coefficient (Wildman–Crippen LogP) is 3.48. The van der Waals surface area contributed by atoms with Crippen LogP contribution in [0.2, 0.25) is 0 Å². The topological polar surface area (TPSA) is 244 Å². The van der Waals surface area contributed by atoms with Crippen molar-refractivity contribution in [1.29, 1.82) is 0 Å². The molecule has 1 saturated carbocycles. The second-order valence-corrected chi connectivity index (χ2v) is 18.1. The number of nitrogens with one attached hydrogen (secondary N) is 1. The number of fused-ring (bicyclic) bond motifs is 4. The molecule has 16 nitrogen and oxygen atoms in total. The van der Waals surface area contributed by atoms with Crippen molar-refractivity contribution in [2.75, 3.05) is 31.2 Å². The number of amides is 1. The smallest absolute Gasteiger partial charge is 0.226 e. The molecule has 1 aliphatic carbocycles. The second kappa shape index (κ2) is 16.3. The lowest BCUT2D eigenvalue weighted by atomic mass is 9.72. The predicted molar refractivity (Wildman–Crippen MR) is 230 cm³/mol. The summed E-state index contributed by atoms with van der Waals surface area (Å²) in [5.41, 5.74) is -0.646. The van der Waals surface area contributed by atoms with Crippen molar-refractivity contribution in [3.63, 3.8) is 0 Å². The van der Waals surface area contributed by atoms with Crippen LogP contribution in [0.25, 0.3) is 21.7 Å². The molecule has 0 unspecified atom stereocenters. The Hall–Kier alpha value is -5.33. The van der Waals surface area contributed by atoms with Gasteiger partial charge in [0.05, 0.1) is 29.6 Å². The van der Waals surface area contributed by atoms with Gasteiger partial charge in [-0.05, 0) is 92.8 Å². The van der Waals surface area contributed by atoms with Crippen molar-refractivity contribution >= 4 is 39.6 Å². The SMILES string of the molecule is Cc1cc(=O)c2cc3c(c(N4C=C5N=CC=C5C4)c2o1)O[C@](C)(CC[C@H]1CNC(=O)C12CCCC2)[C@H](OOC[C@@](O)(Cc1ccc(O)c2ccc(O)cc12)[C@@H](O)[C@H](O)[C@H](O)CO)C3. The van der Waals surface area contributed by atoms with E-state index in [0.29, 0.717) is 76.0 Å².